The quantitative estimate of drug-likeness (QED) is 0.521. The van der Waals surface area contributed by atoms with Crippen LogP contribution in [0.2, 0.25) is 0 Å². The van der Waals surface area contributed by atoms with Gasteiger partial charge in [0.25, 0.3) is 0 Å². The molecule has 0 nitrogen and oxygen atoms in total. The summed E-state index contributed by atoms with van der Waals surface area (Å²) in [6.45, 7) is 6.09. The van der Waals surface area contributed by atoms with Gasteiger partial charge in [0.05, 0.1) is 0 Å². The minimum Gasteiger partial charge on any atom is -0.0844 e. The average molecular weight is 145 g/mol. The number of hydrogen-bond acceptors (Lipinski definition) is 0. The van der Waals surface area contributed by atoms with Crippen LogP contribution in [-0.2, 0) is 0 Å². The molecule has 0 bridgehead atoms. The van der Waals surface area contributed by atoms with Gasteiger partial charge in [-0.1, -0.05) is 30.2 Å². The van der Waals surface area contributed by atoms with E-state index >= 15 is 0 Å². The third kappa shape index (κ3) is 4.28. The number of hydrogen-bond donors (Lipinski definition) is 0. The zero-order valence-corrected chi connectivity index (χ0v) is 7.00. The molecule has 0 aliphatic carbocycles. The maximum absolute atomic E-state index is 5.79. The predicted octanol–water partition coefficient (Wildman–Crippen LogP) is 3.49. The fourth-order valence-corrected chi connectivity index (χ4v) is 0.477. The van der Waals surface area contributed by atoms with Crippen LogP contribution < -0.4 is 0 Å². The second-order valence-electron chi connectivity index (χ2n) is 2.16. The van der Waals surface area contributed by atoms with Crippen molar-refractivity contribution < 1.29 is 0 Å². The summed E-state index contributed by atoms with van der Waals surface area (Å²) in [5.41, 5.74) is 1.17. The Morgan fingerprint density at radius 2 is 2.00 bits per heavy atom. The van der Waals surface area contributed by atoms with Gasteiger partial charge in [-0.15, -0.1) is 0 Å². The summed E-state index contributed by atoms with van der Waals surface area (Å²) in [6, 6.07) is 0. The smallest absolute Gasteiger partial charge is 0.0389 e. The van der Waals surface area contributed by atoms with Crippen LogP contribution in [0.4, 0.5) is 0 Å². The molecular formula is C8H13Cl. The number of rotatable bonds is 2. The van der Waals surface area contributed by atoms with Gasteiger partial charge >= 0.3 is 0 Å². The molecule has 1 heteroatoms. The molecule has 0 N–H and O–H groups in total. The molecule has 0 spiro atoms. The lowest BCUT2D eigenvalue weighted by Crippen LogP contribution is -1.68. The van der Waals surface area contributed by atoms with E-state index in [1.807, 2.05) is 19.9 Å². The van der Waals surface area contributed by atoms with E-state index in [1.165, 1.54) is 5.57 Å². The maximum atomic E-state index is 5.79. The molecule has 0 heterocycles. The highest BCUT2D eigenvalue weighted by atomic mass is 35.5. The first-order valence-electron chi connectivity index (χ1n) is 3.18. The first kappa shape index (κ1) is 8.77. The molecule has 0 aliphatic rings. The molecule has 0 saturated carbocycles. The van der Waals surface area contributed by atoms with Crippen molar-refractivity contribution >= 4 is 11.6 Å². The van der Waals surface area contributed by atoms with Gasteiger partial charge in [-0.2, -0.15) is 0 Å². The second kappa shape index (κ2) is 4.63. The molecule has 0 rings (SSSR count). The van der Waals surface area contributed by atoms with Gasteiger partial charge in [-0.25, -0.2) is 0 Å². The monoisotopic (exact) mass is 144 g/mol. The first-order chi connectivity index (χ1) is 4.18. The summed E-state index contributed by atoms with van der Waals surface area (Å²) in [5.74, 6) is 0. The van der Waals surface area contributed by atoms with Crippen molar-refractivity contribution in [3.8, 4) is 0 Å². The molecule has 0 amide bonds. The molecule has 52 valence electrons. The van der Waals surface area contributed by atoms with Crippen LogP contribution >= 0.6 is 11.6 Å². The summed E-state index contributed by atoms with van der Waals surface area (Å²) >= 11 is 5.79. The molecule has 9 heavy (non-hydrogen) atoms. The molecule has 0 fully saturated rings. The highest BCUT2D eigenvalue weighted by Crippen LogP contribution is 2.09. The molecule has 0 aromatic rings. The van der Waals surface area contributed by atoms with Crippen LogP contribution in [0.5, 0.6) is 0 Å². The van der Waals surface area contributed by atoms with Crippen molar-refractivity contribution in [2.75, 3.05) is 0 Å². The lowest BCUT2D eigenvalue weighted by Gasteiger charge is -1.90. The minimum atomic E-state index is 0.858. The van der Waals surface area contributed by atoms with Crippen molar-refractivity contribution in [2.45, 2.75) is 27.2 Å². The molecule has 0 radical (unpaired) electrons. The Kier molecular flexibility index (Phi) is 4.51. The van der Waals surface area contributed by atoms with Crippen molar-refractivity contribution in [3.05, 3.63) is 22.8 Å². The topological polar surface area (TPSA) is 0 Å². The zero-order chi connectivity index (χ0) is 7.28. The van der Waals surface area contributed by atoms with Crippen LogP contribution in [-0.4, -0.2) is 0 Å². The largest absolute Gasteiger partial charge is 0.0844 e. The summed E-state index contributed by atoms with van der Waals surface area (Å²) in [7, 11) is 0. The second-order valence-corrected chi connectivity index (χ2v) is 2.57. The molecule has 0 aromatic carbocycles. The Hall–Kier alpha value is -0.230. The van der Waals surface area contributed by atoms with Crippen molar-refractivity contribution in [3.63, 3.8) is 0 Å². The summed E-state index contributed by atoms with van der Waals surface area (Å²) in [6.07, 6.45) is 5.04. The van der Waals surface area contributed by atoms with Crippen LogP contribution in [0.15, 0.2) is 22.8 Å². The average Bonchev–Trinajstić information content (AvgIpc) is 1.82. The Morgan fingerprint density at radius 1 is 1.44 bits per heavy atom. The Labute approximate surface area is 62.2 Å². The van der Waals surface area contributed by atoms with Gasteiger partial charge < -0.3 is 0 Å². The van der Waals surface area contributed by atoms with Crippen LogP contribution in [0.3, 0.4) is 0 Å². The summed E-state index contributed by atoms with van der Waals surface area (Å²) in [4.78, 5) is 0. The molecule has 0 aromatic heterocycles. The van der Waals surface area contributed by atoms with Gasteiger partial charge in [0, 0.05) is 5.03 Å². The van der Waals surface area contributed by atoms with Crippen molar-refractivity contribution in [2.24, 2.45) is 0 Å². The Bertz CT molecular complexity index is 128. The third-order valence-corrected chi connectivity index (χ3v) is 1.48. The van der Waals surface area contributed by atoms with E-state index in [0.717, 1.165) is 11.5 Å². The van der Waals surface area contributed by atoms with Gasteiger partial charge in [-0.3, -0.25) is 0 Å². The van der Waals surface area contributed by atoms with E-state index < -0.39 is 0 Å². The Morgan fingerprint density at radius 3 is 2.33 bits per heavy atom. The third-order valence-electron chi connectivity index (χ3n) is 0.978. The van der Waals surface area contributed by atoms with Crippen LogP contribution in [0.25, 0.3) is 0 Å². The predicted molar refractivity (Wildman–Crippen MR) is 43.7 cm³/mol. The fourth-order valence-electron chi connectivity index (χ4n) is 0.388. The maximum Gasteiger partial charge on any atom is 0.0389 e. The number of allylic oxidation sites excluding steroid dienone is 4. The first-order valence-corrected chi connectivity index (χ1v) is 3.55. The highest BCUT2D eigenvalue weighted by Gasteiger charge is 1.84. The van der Waals surface area contributed by atoms with E-state index in [9.17, 15) is 0 Å². The van der Waals surface area contributed by atoms with E-state index in [0.29, 0.717) is 0 Å². The van der Waals surface area contributed by atoms with Crippen LogP contribution in [0.1, 0.15) is 27.2 Å². The molecule has 0 atom stereocenters. The lowest BCUT2D eigenvalue weighted by atomic mass is 10.3. The van der Waals surface area contributed by atoms with E-state index in [4.69, 9.17) is 11.6 Å². The van der Waals surface area contributed by atoms with Gasteiger partial charge in [0.2, 0.25) is 0 Å². The molecular weight excluding hydrogens is 132 g/mol. The van der Waals surface area contributed by atoms with Crippen LogP contribution in [0, 0.1) is 0 Å². The summed E-state index contributed by atoms with van der Waals surface area (Å²) < 4.78 is 0. The fraction of sp³-hybridized carbons (Fsp3) is 0.500. The normalized spacial score (nSPS) is 10.2. The van der Waals surface area contributed by atoms with E-state index in [2.05, 4.69) is 13.0 Å². The summed E-state index contributed by atoms with van der Waals surface area (Å²) in [5, 5.41) is 0.858. The lowest BCUT2D eigenvalue weighted by molar-refractivity contribution is 1.22. The zero-order valence-electron chi connectivity index (χ0n) is 6.24. The SMILES string of the molecule is CC/C=C\C(Cl)=C(C)C. The number of halogens is 1. The Balaban J connectivity index is 3.91. The molecule has 0 aliphatic heterocycles. The van der Waals surface area contributed by atoms with Gasteiger partial charge in [0.15, 0.2) is 0 Å². The molecule has 0 saturated heterocycles. The highest BCUT2D eigenvalue weighted by molar-refractivity contribution is 6.31. The van der Waals surface area contributed by atoms with Crippen molar-refractivity contribution in [1.29, 1.82) is 0 Å². The van der Waals surface area contributed by atoms with Gasteiger partial charge in [0.1, 0.15) is 0 Å². The minimum absolute atomic E-state index is 0.858. The molecule has 0 unspecified atom stereocenters. The van der Waals surface area contributed by atoms with E-state index in [-0.39, 0.29) is 0 Å². The van der Waals surface area contributed by atoms with E-state index in [1.54, 1.807) is 0 Å². The van der Waals surface area contributed by atoms with Gasteiger partial charge in [-0.05, 0) is 26.3 Å². The standard InChI is InChI=1S/C8H13Cl/c1-4-5-6-8(9)7(2)3/h5-6H,4H2,1-3H3/b6-5-. The van der Waals surface area contributed by atoms with Crippen molar-refractivity contribution in [1.82, 2.24) is 0 Å².